The summed E-state index contributed by atoms with van der Waals surface area (Å²) in [6.45, 7) is 6.43. The number of nitrogens with zero attached hydrogens (tertiary/aromatic N) is 3. The first kappa shape index (κ1) is 23.0. The lowest BCUT2D eigenvalue weighted by molar-refractivity contribution is -0.118. The maximum atomic E-state index is 12.4. The Morgan fingerprint density at radius 3 is 2.70 bits per heavy atom. The SMILES string of the molecule is CCN(CC)C(CNC(=O)CSc1nn(-c2ccc(Cl)cc2)c(=S)s1)c1ccco1. The number of likely N-dealkylation sites (N-methyl/N-ethyl adjacent to an activating group) is 1. The second kappa shape index (κ2) is 11.1. The minimum absolute atomic E-state index is 0.00937. The molecular weight excluding hydrogens is 460 g/mol. The van der Waals surface area contributed by atoms with E-state index in [4.69, 9.17) is 28.2 Å². The first-order chi connectivity index (χ1) is 14.5. The summed E-state index contributed by atoms with van der Waals surface area (Å²) in [6, 6.07) is 11.1. The van der Waals surface area contributed by atoms with Crippen molar-refractivity contribution >= 4 is 52.8 Å². The Labute approximate surface area is 194 Å². The third-order valence-corrected chi connectivity index (χ3v) is 7.16. The number of carbonyl (C=O) groups excluding carboxylic acids is 1. The highest BCUT2D eigenvalue weighted by Crippen LogP contribution is 2.25. The highest BCUT2D eigenvalue weighted by atomic mass is 35.5. The highest BCUT2D eigenvalue weighted by Gasteiger charge is 2.21. The van der Waals surface area contributed by atoms with Crippen LogP contribution in [0.2, 0.25) is 5.02 Å². The fraction of sp³-hybridized carbons (Fsp3) is 0.350. The Morgan fingerprint density at radius 1 is 1.33 bits per heavy atom. The van der Waals surface area contributed by atoms with Crippen molar-refractivity contribution in [3.05, 3.63) is 57.4 Å². The Hall–Kier alpha value is -1.65. The molecule has 3 rings (SSSR count). The van der Waals surface area contributed by atoms with Crippen molar-refractivity contribution in [2.75, 3.05) is 25.4 Å². The lowest BCUT2D eigenvalue weighted by Crippen LogP contribution is -2.38. The van der Waals surface area contributed by atoms with E-state index in [0.29, 0.717) is 15.5 Å². The second-order valence-electron chi connectivity index (χ2n) is 6.37. The molecule has 0 bridgehead atoms. The lowest BCUT2D eigenvalue weighted by atomic mass is 10.2. The number of hydrogen-bond donors (Lipinski definition) is 1. The molecule has 1 amide bonds. The van der Waals surface area contributed by atoms with E-state index < -0.39 is 0 Å². The normalized spacial score (nSPS) is 12.3. The van der Waals surface area contributed by atoms with Gasteiger partial charge in [0.2, 0.25) is 5.91 Å². The molecule has 10 heteroatoms. The zero-order chi connectivity index (χ0) is 21.5. The van der Waals surface area contributed by atoms with Gasteiger partial charge in [0, 0.05) is 11.6 Å². The maximum Gasteiger partial charge on any atom is 0.230 e. The first-order valence-electron chi connectivity index (χ1n) is 9.54. The fourth-order valence-corrected chi connectivity index (χ4v) is 5.33. The number of nitrogens with one attached hydrogen (secondary N) is 1. The number of furan rings is 1. The van der Waals surface area contributed by atoms with Gasteiger partial charge < -0.3 is 9.73 Å². The molecule has 1 unspecified atom stereocenters. The molecule has 0 aliphatic carbocycles. The Balaban J connectivity index is 1.57. The van der Waals surface area contributed by atoms with Crippen molar-refractivity contribution in [3.63, 3.8) is 0 Å². The summed E-state index contributed by atoms with van der Waals surface area (Å²) in [5.74, 6) is 1.07. The number of thioether (sulfide) groups is 1. The zero-order valence-corrected chi connectivity index (χ0v) is 19.9. The molecule has 1 N–H and O–H groups in total. The maximum absolute atomic E-state index is 12.4. The molecular formula is C20H23ClN4O2S3. The van der Waals surface area contributed by atoms with Crippen LogP contribution in [-0.4, -0.2) is 46.0 Å². The summed E-state index contributed by atoms with van der Waals surface area (Å²) < 4.78 is 8.63. The Morgan fingerprint density at radius 2 is 2.07 bits per heavy atom. The molecule has 0 radical (unpaired) electrons. The van der Waals surface area contributed by atoms with E-state index in [-0.39, 0.29) is 17.7 Å². The van der Waals surface area contributed by atoms with Crippen molar-refractivity contribution in [1.29, 1.82) is 0 Å². The van der Waals surface area contributed by atoms with Crippen molar-refractivity contribution in [1.82, 2.24) is 20.0 Å². The van der Waals surface area contributed by atoms with Crippen LogP contribution in [0.15, 0.2) is 51.4 Å². The Kier molecular flexibility index (Phi) is 8.52. The smallest absolute Gasteiger partial charge is 0.230 e. The molecule has 0 aliphatic rings. The summed E-state index contributed by atoms with van der Waals surface area (Å²) in [7, 11) is 0. The molecule has 2 heterocycles. The largest absolute Gasteiger partial charge is 0.468 e. The minimum Gasteiger partial charge on any atom is -0.468 e. The molecule has 0 spiro atoms. The van der Waals surface area contributed by atoms with Gasteiger partial charge in [0.05, 0.1) is 23.7 Å². The molecule has 0 aliphatic heterocycles. The molecule has 1 atom stereocenters. The third-order valence-electron chi connectivity index (χ3n) is 4.54. The zero-order valence-electron chi connectivity index (χ0n) is 16.7. The summed E-state index contributed by atoms with van der Waals surface area (Å²) in [4.78, 5) is 14.7. The van der Waals surface area contributed by atoms with Crippen LogP contribution >= 0.6 is 46.9 Å². The van der Waals surface area contributed by atoms with E-state index in [1.807, 2.05) is 24.3 Å². The van der Waals surface area contributed by atoms with Crippen LogP contribution in [-0.2, 0) is 4.79 Å². The molecule has 160 valence electrons. The summed E-state index contributed by atoms with van der Waals surface area (Å²) in [5, 5.41) is 8.19. The van der Waals surface area contributed by atoms with Crippen LogP contribution in [0.3, 0.4) is 0 Å². The second-order valence-corrected chi connectivity index (χ2v) is 9.65. The van der Waals surface area contributed by atoms with Crippen molar-refractivity contribution in [2.24, 2.45) is 0 Å². The third kappa shape index (κ3) is 5.95. The van der Waals surface area contributed by atoms with Crippen LogP contribution in [0.5, 0.6) is 0 Å². The van der Waals surface area contributed by atoms with Crippen LogP contribution in [0.1, 0.15) is 25.6 Å². The van der Waals surface area contributed by atoms with E-state index in [1.165, 1.54) is 23.1 Å². The Bertz CT molecular complexity index is 998. The van der Waals surface area contributed by atoms with Gasteiger partial charge in [0.15, 0.2) is 8.29 Å². The lowest BCUT2D eigenvalue weighted by Gasteiger charge is -2.28. The van der Waals surface area contributed by atoms with Crippen molar-refractivity contribution < 1.29 is 9.21 Å². The van der Waals surface area contributed by atoms with Gasteiger partial charge in [-0.2, -0.15) is 0 Å². The number of benzene rings is 1. The molecule has 1 aromatic carbocycles. The van der Waals surface area contributed by atoms with E-state index in [1.54, 1.807) is 23.1 Å². The highest BCUT2D eigenvalue weighted by molar-refractivity contribution is 8.01. The number of hydrogen-bond acceptors (Lipinski definition) is 7. The summed E-state index contributed by atoms with van der Waals surface area (Å²) in [5.41, 5.74) is 0.845. The van der Waals surface area contributed by atoms with E-state index in [0.717, 1.165) is 28.9 Å². The standard InChI is InChI=1S/C20H23ClN4O2S3/c1-3-24(4-2)16(17-6-5-11-27-17)12-22-18(26)13-29-19-23-25(20(28)30-19)15-9-7-14(21)8-10-15/h5-11,16H,3-4,12-13H2,1-2H3,(H,22,26). The van der Waals surface area contributed by atoms with Gasteiger partial charge in [0.1, 0.15) is 5.76 Å². The number of aromatic nitrogens is 2. The van der Waals surface area contributed by atoms with Gasteiger partial charge in [0.25, 0.3) is 0 Å². The predicted octanol–water partition coefficient (Wildman–Crippen LogP) is 5.20. The average molecular weight is 483 g/mol. The fourth-order valence-electron chi connectivity index (χ4n) is 3.01. The molecule has 0 saturated carbocycles. The van der Waals surface area contributed by atoms with Crippen LogP contribution in [0.4, 0.5) is 0 Å². The summed E-state index contributed by atoms with van der Waals surface area (Å²) >= 11 is 14.1. The van der Waals surface area contributed by atoms with Crippen LogP contribution < -0.4 is 5.32 Å². The molecule has 30 heavy (non-hydrogen) atoms. The topological polar surface area (TPSA) is 63.3 Å². The quantitative estimate of drug-likeness (QED) is 0.316. The number of halogens is 1. The van der Waals surface area contributed by atoms with Gasteiger partial charge >= 0.3 is 0 Å². The molecule has 2 aromatic heterocycles. The van der Waals surface area contributed by atoms with E-state index >= 15 is 0 Å². The molecule has 3 aromatic rings. The van der Waals surface area contributed by atoms with Gasteiger partial charge in [-0.05, 0) is 61.7 Å². The molecule has 0 saturated heterocycles. The van der Waals surface area contributed by atoms with Crippen LogP contribution in [0.25, 0.3) is 5.69 Å². The van der Waals surface area contributed by atoms with Crippen molar-refractivity contribution in [2.45, 2.75) is 24.2 Å². The minimum atomic E-state index is -0.0529. The first-order valence-corrected chi connectivity index (χ1v) is 12.1. The van der Waals surface area contributed by atoms with Crippen molar-refractivity contribution in [3.8, 4) is 5.69 Å². The van der Waals surface area contributed by atoms with Gasteiger partial charge in [-0.25, -0.2) is 4.68 Å². The predicted molar refractivity (Wildman–Crippen MR) is 125 cm³/mol. The molecule has 6 nitrogen and oxygen atoms in total. The van der Waals surface area contributed by atoms with Gasteiger partial charge in [-0.3, -0.25) is 9.69 Å². The number of carbonyl (C=O) groups is 1. The molecule has 0 fully saturated rings. The average Bonchev–Trinajstić information content (AvgIpc) is 3.40. The van der Waals surface area contributed by atoms with E-state index in [2.05, 4.69) is 29.2 Å². The van der Waals surface area contributed by atoms with Gasteiger partial charge in [-0.1, -0.05) is 48.5 Å². The number of amides is 1. The summed E-state index contributed by atoms with van der Waals surface area (Å²) in [6.07, 6.45) is 1.66. The van der Waals surface area contributed by atoms with Gasteiger partial charge in [-0.15, -0.1) is 5.10 Å². The van der Waals surface area contributed by atoms with Crippen LogP contribution in [0, 0.1) is 3.95 Å². The monoisotopic (exact) mass is 482 g/mol. The number of rotatable bonds is 10. The van der Waals surface area contributed by atoms with E-state index in [9.17, 15) is 4.79 Å².